The van der Waals surface area contributed by atoms with E-state index >= 15 is 0 Å². The molecule has 0 N–H and O–H groups in total. The van der Waals surface area contributed by atoms with E-state index in [0.717, 1.165) is 101 Å². The molecule has 2 saturated heterocycles. The van der Waals surface area contributed by atoms with Gasteiger partial charge in [0.1, 0.15) is 0 Å². The molecule has 16 atom stereocenters. The Morgan fingerprint density at radius 3 is 1.44 bits per heavy atom. The number of ether oxygens (including phenoxy) is 1. The van der Waals surface area contributed by atoms with Gasteiger partial charge >= 0.3 is 37.9 Å². The van der Waals surface area contributed by atoms with E-state index < -0.39 is 28.9 Å². The molecule has 54 heavy (non-hydrogen) atoms. The molecule has 6 saturated carbocycles. The average Bonchev–Trinajstić information content (AvgIpc) is 3.80. The van der Waals surface area contributed by atoms with Gasteiger partial charge in [-0.05, 0) is 163 Å². The summed E-state index contributed by atoms with van der Waals surface area (Å²) in [5.41, 5.74) is 2.21. The summed E-state index contributed by atoms with van der Waals surface area (Å²) in [6.45, 7) is 16.1. The molecule has 0 bridgehead atoms. The van der Waals surface area contributed by atoms with Crippen molar-refractivity contribution in [1.82, 2.24) is 9.80 Å². The van der Waals surface area contributed by atoms with Crippen LogP contribution in [0.1, 0.15) is 150 Å². The van der Waals surface area contributed by atoms with E-state index in [0.29, 0.717) is 0 Å². The Labute approximate surface area is 356 Å². The van der Waals surface area contributed by atoms with Gasteiger partial charge in [-0.25, -0.2) is 0 Å². The topological polar surface area (TPSA) is 15.7 Å². The van der Waals surface area contributed by atoms with E-state index in [1.54, 1.807) is 44.6 Å². The first-order chi connectivity index (χ1) is 24.9. The van der Waals surface area contributed by atoms with Crippen molar-refractivity contribution in [3.63, 3.8) is 0 Å². The second kappa shape index (κ2) is 19.5. The van der Waals surface area contributed by atoms with Gasteiger partial charge in [-0.1, -0.05) is 84.2 Å². The molecule has 0 aromatic rings. The van der Waals surface area contributed by atoms with Crippen LogP contribution in [0, 0.1) is 74.0 Å². The molecule has 312 valence electrons. The molecule has 0 radical (unpaired) electrons. The fourth-order valence-corrected chi connectivity index (χ4v) is 24.3. The van der Waals surface area contributed by atoms with Crippen LogP contribution in [-0.2, 0) is 25.6 Å². The van der Waals surface area contributed by atoms with Crippen molar-refractivity contribution in [2.75, 3.05) is 20.7 Å². The van der Waals surface area contributed by atoms with Crippen LogP contribution < -0.4 is 0 Å². The second-order valence-corrected chi connectivity index (χ2v) is 30.3. The van der Waals surface area contributed by atoms with Crippen LogP contribution in [0.4, 0.5) is 0 Å². The summed E-state index contributed by atoms with van der Waals surface area (Å²) in [7, 11) is 13.5. The number of nitrogens with zero attached hydrogens (tertiary/aromatic N) is 2. The van der Waals surface area contributed by atoms with E-state index in [9.17, 15) is 0 Å². The Morgan fingerprint density at radius 1 is 0.611 bits per heavy atom. The predicted molar refractivity (Wildman–Crippen MR) is 234 cm³/mol. The molecule has 2 heterocycles. The first-order valence-electron chi connectivity index (χ1n) is 22.9. The van der Waals surface area contributed by atoms with Crippen molar-refractivity contribution in [2.45, 2.75) is 204 Å². The van der Waals surface area contributed by atoms with Crippen molar-refractivity contribution in [3.05, 3.63) is 14.9 Å². The third-order valence-electron chi connectivity index (χ3n) is 18.1. The maximum atomic E-state index is 6.19. The maximum absolute atomic E-state index is 6.19. The normalized spacial score (nSPS) is 45.1. The van der Waals surface area contributed by atoms with Gasteiger partial charge in [-0.3, -0.25) is 9.80 Å². The summed E-state index contributed by atoms with van der Waals surface area (Å²) < 4.78 is 6.19. The minimum atomic E-state index is -1.71. The third-order valence-corrected chi connectivity index (χ3v) is 24.2. The van der Waals surface area contributed by atoms with Gasteiger partial charge in [0.15, 0.2) is 0 Å². The van der Waals surface area contributed by atoms with Crippen LogP contribution in [0.5, 0.6) is 0 Å². The van der Waals surface area contributed by atoms with Gasteiger partial charge in [-0.15, -0.1) is 0 Å². The quantitative estimate of drug-likeness (QED) is 0.130. The number of fused-ring (bicyclic) bond motifs is 10. The van der Waals surface area contributed by atoms with Gasteiger partial charge < -0.3 is 19.6 Å². The van der Waals surface area contributed by atoms with Crippen LogP contribution in [0.2, 0.25) is 23.7 Å². The van der Waals surface area contributed by atoms with E-state index in [-0.39, 0.29) is 20.5 Å². The fourth-order valence-electron chi connectivity index (χ4n) is 16.7. The SMILES string of the molecule is CC1CCC2C(C1)C1C(C3CCCCC3C1[Si](C)(CCCCCCOC(C)(C)C)C1C3CCCCC3C3C1C1CC(C)CCC1N3C)N2C.[CH3-].[CH3-].[Cl][Zr+2][Cl]. The van der Waals surface area contributed by atoms with Crippen molar-refractivity contribution >= 4 is 25.1 Å². The number of halogens is 2. The molecule has 8 rings (SSSR count). The Kier molecular flexibility index (Phi) is 16.8. The Hall–Kier alpha value is 1.56. The zero-order chi connectivity index (χ0) is 36.9. The van der Waals surface area contributed by atoms with E-state index in [4.69, 9.17) is 21.8 Å². The summed E-state index contributed by atoms with van der Waals surface area (Å²) in [5.74, 6) is 10.1. The van der Waals surface area contributed by atoms with Crippen LogP contribution in [0.15, 0.2) is 0 Å². The predicted octanol–water partition coefficient (Wildman–Crippen LogP) is 13.6. The third kappa shape index (κ3) is 8.81. The molecule has 2 aliphatic heterocycles. The molecule has 8 aliphatic rings. The van der Waals surface area contributed by atoms with E-state index in [1.165, 1.54) is 77.0 Å². The number of hydrogen-bond acceptors (Lipinski definition) is 3. The van der Waals surface area contributed by atoms with Crippen molar-refractivity contribution in [2.24, 2.45) is 59.2 Å². The molecule has 6 aliphatic carbocycles. The summed E-state index contributed by atoms with van der Waals surface area (Å²) in [6, 6.07) is 5.31. The summed E-state index contributed by atoms with van der Waals surface area (Å²) in [5, 5.41) is 0. The summed E-state index contributed by atoms with van der Waals surface area (Å²) in [4.78, 5) is 6.19. The molecule has 0 aromatic carbocycles. The minimum absolute atomic E-state index is 0. The monoisotopic (exact) mass is 882 g/mol. The zero-order valence-corrected chi connectivity index (χ0v) is 41.9. The molecule has 0 aromatic heterocycles. The standard InChI is InChI=1S/C45H80N2OSi.2CH3.2ClH.Zr/c1-29-21-23-37-35(27-29)39-41(46(37)6)31-17-11-13-19-33(31)43(39)49(8,26-16-10-9-15-25-48-45(3,4)5)44-34-20-14-12-18-32(34)42-40(44)36-28-30(2)22-24-38(36)47(42)7;;;;;/h29-44H,9-28H2,1-8H3;2*1H3;2*1H;/q;2*-1;;;+4/p-2. The van der Waals surface area contributed by atoms with Gasteiger partial charge in [0.05, 0.1) is 13.7 Å². The Morgan fingerprint density at radius 2 is 1.02 bits per heavy atom. The number of rotatable bonds is 9. The first-order valence-corrected chi connectivity index (χ1v) is 32.1. The van der Waals surface area contributed by atoms with Crippen LogP contribution in [-0.4, -0.2) is 68.3 Å². The number of unbranched alkanes of at least 4 members (excludes halogenated alkanes) is 3. The number of likely N-dealkylation sites (tertiary alicyclic amines) is 2. The molecule has 0 spiro atoms. The van der Waals surface area contributed by atoms with Crippen molar-refractivity contribution in [3.8, 4) is 0 Å². The van der Waals surface area contributed by atoms with Crippen LogP contribution >= 0.6 is 17.0 Å². The van der Waals surface area contributed by atoms with Gasteiger partial charge in [0, 0.05) is 30.8 Å². The molecular formula is C47H86Cl2N2OSiZr. The van der Waals surface area contributed by atoms with Crippen molar-refractivity contribution in [1.29, 1.82) is 0 Å². The van der Waals surface area contributed by atoms with Crippen LogP contribution in [0.3, 0.4) is 0 Å². The average molecular weight is 885 g/mol. The zero-order valence-electron chi connectivity index (χ0n) is 36.9. The molecule has 7 heteroatoms. The second-order valence-electron chi connectivity index (χ2n) is 21.7. The van der Waals surface area contributed by atoms with E-state index in [1.807, 2.05) is 0 Å². The van der Waals surface area contributed by atoms with Gasteiger partial charge in [0.25, 0.3) is 0 Å². The molecule has 8 fully saturated rings. The molecule has 0 amide bonds. The van der Waals surface area contributed by atoms with Gasteiger partial charge in [-0.2, -0.15) is 0 Å². The summed E-state index contributed by atoms with van der Waals surface area (Å²) >= 11 is -0.826. The van der Waals surface area contributed by atoms with Crippen LogP contribution in [0.25, 0.3) is 0 Å². The Balaban J connectivity index is 0.00000109. The molecular weight excluding hydrogens is 799 g/mol. The van der Waals surface area contributed by atoms with Crippen molar-refractivity contribution < 1.29 is 25.6 Å². The first kappa shape index (κ1) is 46.6. The number of hydrogen-bond donors (Lipinski definition) is 0. The van der Waals surface area contributed by atoms with Gasteiger partial charge in [0.2, 0.25) is 0 Å². The fraction of sp³-hybridized carbons (Fsp3) is 0.957. The molecule has 16 unspecified atom stereocenters. The van der Waals surface area contributed by atoms with E-state index in [2.05, 4.69) is 65.1 Å². The summed E-state index contributed by atoms with van der Waals surface area (Å²) in [6.07, 6.45) is 27.1. The molecule has 3 nitrogen and oxygen atoms in total. The Bertz CT molecular complexity index is 1100.